The molecule has 0 aromatic carbocycles. The summed E-state index contributed by atoms with van der Waals surface area (Å²) in [4.78, 5) is 0. The molecule has 0 unspecified atom stereocenters. The van der Waals surface area contributed by atoms with Gasteiger partial charge in [0.2, 0.25) is 0 Å². The van der Waals surface area contributed by atoms with E-state index in [1.54, 1.807) is 21.5 Å². The Labute approximate surface area is 167 Å². The largest absolute Gasteiger partial charge is 0.169 e. The van der Waals surface area contributed by atoms with E-state index in [9.17, 15) is 0 Å². The van der Waals surface area contributed by atoms with Crippen LogP contribution in [-0.4, -0.2) is 66.1 Å². The van der Waals surface area contributed by atoms with Crippen LogP contribution in [0.5, 0.6) is 0 Å². The predicted octanol–water partition coefficient (Wildman–Crippen LogP) is 6.19. The normalized spacial score (nSPS) is 23.5. The summed E-state index contributed by atoms with van der Waals surface area (Å²) >= 11 is 5.00. The van der Waals surface area contributed by atoms with Crippen LogP contribution >= 0.6 is 23.5 Å². The maximum atomic E-state index is 2.72. The van der Waals surface area contributed by atoms with Gasteiger partial charge in [0.1, 0.15) is 0 Å². The standard InChI is InChI=1S/C16H44S2Si6/c1-19(2,3)23(20(4,5)6)13-17-15-24(16-18-14-23,21(7,8)9)22(10,11)12/h13-16H2,1-12H3. The van der Waals surface area contributed by atoms with Gasteiger partial charge in [0.15, 0.2) is 0 Å². The summed E-state index contributed by atoms with van der Waals surface area (Å²) < 4.78 is 0. The SMILES string of the molecule is C[Si](C)(C)[Si]1([Si](C)(C)C)CSC[Si]([Si](C)(C)C)([Si](C)(C)C)CSC1. The van der Waals surface area contributed by atoms with Crippen LogP contribution in [0, 0.1) is 0 Å². The van der Waals surface area contributed by atoms with Crippen LogP contribution < -0.4 is 0 Å². The Morgan fingerprint density at radius 1 is 0.417 bits per heavy atom. The Morgan fingerprint density at radius 3 is 0.708 bits per heavy atom. The highest BCUT2D eigenvalue weighted by Gasteiger charge is 2.59. The monoisotopic (exact) mass is 468 g/mol. The molecule has 1 aliphatic heterocycles. The summed E-state index contributed by atoms with van der Waals surface area (Å²) in [6.45, 7) is 32.7. The molecule has 0 atom stereocenters. The van der Waals surface area contributed by atoms with Crippen LogP contribution in [0.15, 0.2) is 0 Å². The average molecular weight is 469 g/mol. The fourth-order valence-electron chi connectivity index (χ4n) is 4.86. The average Bonchev–Trinajstić information content (AvgIpc) is 2.20. The molecule has 1 fully saturated rings. The molecule has 144 valence electrons. The minimum Gasteiger partial charge on any atom is -0.169 e. The van der Waals surface area contributed by atoms with Crippen LogP contribution in [0.3, 0.4) is 0 Å². The molecule has 8 heteroatoms. The second kappa shape index (κ2) is 7.44. The van der Waals surface area contributed by atoms with Crippen molar-refractivity contribution in [1.82, 2.24) is 0 Å². The van der Waals surface area contributed by atoms with E-state index >= 15 is 0 Å². The Balaban J connectivity index is 3.24. The van der Waals surface area contributed by atoms with Crippen LogP contribution in [0.4, 0.5) is 0 Å². The quantitative estimate of drug-likeness (QED) is 0.451. The highest BCUT2D eigenvalue weighted by atomic mass is 32.2. The zero-order valence-corrected chi connectivity index (χ0v) is 26.3. The van der Waals surface area contributed by atoms with Crippen molar-refractivity contribution < 1.29 is 0 Å². The number of hydrogen-bond acceptors (Lipinski definition) is 2. The maximum Gasteiger partial charge on any atom is 0.0631 e. The molecule has 0 nitrogen and oxygen atoms in total. The summed E-state index contributed by atoms with van der Waals surface area (Å²) in [5, 5.41) is 6.48. The Morgan fingerprint density at radius 2 is 0.583 bits per heavy atom. The molecule has 0 saturated carbocycles. The fraction of sp³-hybridized carbons (Fsp3) is 1.00. The first-order chi connectivity index (χ1) is 10.4. The van der Waals surface area contributed by atoms with Crippen LogP contribution in [0.25, 0.3) is 0 Å². The zero-order chi connectivity index (χ0) is 19.2. The van der Waals surface area contributed by atoms with Crippen LogP contribution in [-0.2, 0) is 0 Å². The molecule has 1 rings (SSSR count). The van der Waals surface area contributed by atoms with E-state index < -0.39 is 44.6 Å². The molecule has 0 radical (unpaired) electrons. The topological polar surface area (TPSA) is 0 Å². The molecule has 1 heterocycles. The first-order valence-corrected chi connectivity index (χ1v) is 34.7. The zero-order valence-electron chi connectivity index (χ0n) is 18.6. The van der Waals surface area contributed by atoms with Crippen molar-refractivity contribution in [3.8, 4) is 0 Å². The molecule has 0 aromatic rings. The number of rotatable bonds is 4. The minimum absolute atomic E-state index is 1.04. The van der Waals surface area contributed by atoms with Gasteiger partial charge >= 0.3 is 0 Å². The molecule has 0 aromatic heterocycles. The molecular weight excluding hydrogens is 425 g/mol. The molecule has 0 amide bonds. The van der Waals surface area contributed by atoms with Crippen molar-refractivity contribution in [2.24, 2.45) is 0 Å². The highest BCUT2D eigenvalue weighted by Crippen LogP contribution is 2.42. The van der Waals surface area contributed by atoms with Crippen molar-refractivity contribution in [2.75, 3.05) is 21.5 Å². The summed E-state index contributed by atoms with van der Waals surface area (Å²) in [6.07, 6.45) is 0. The lowest BCUT2D eigenvalue weighted by Gasteiger charge is -2.55. The van der Waals surface area contributed by atoms with E-state index in [1.165, 1.54) is 0 Å². The summed E-state index contributed by atoms with van der Waals surface area (Å²) in [6, 6.07) is 0. The van der Waals surface area contributed by atoms with E-state index in [0.717, 1.165) is 0 Å². The van der Waals surface area contributed by atoms with E-state index in [1.807, 2.05) is 0 Å². The second-order valence-corrected chi connectivity index (χ2v) is 72.4. The van der Waals surface area contributed by atoms with Gasteiger partial charge in [-0.05, 0) is 21.5 Å². The van der Waals surface area contributed by atoms with E-state index in [0.29, 0.717) is 0 Å². The van der Waals surface area contributed by atoms with E-state index in [-0.39, 0.29) is 0 Å². The second-order valence-electron chi connectivity index (χ2n) is 12.1. The third-order valence-corrected chi connectivity index (χ3v) is 102. The lowest BCUT2D eigenvalue weighted by molar-refractivity contribution is 1.64. The first kappa shape index (κ1) is 24.0. The van der Waals surface area contributed by atoms with E-state index in [4.69, 9.17) is 0 Å². The fourth-order valence-corrected chi connectivity index (χ4v) is 126. The smallest absolute Gasteiger partial charge is 0.0631 e. The van der Waals surface area contributed by atoms with E-state index in [2.05, 4.69) is 102 Å². The molecule has 0 aliphatic carbocycles. The third-order valence-electron chi connectivity index (χ3n) is 7.14. The summed E-state index contributed by atoms with van der Waals surface area (Å²) in [7, 11) is -6.34. The number of hydrogen-bond donors (Lipinski definition) is 0. The van der Waals surface area contributed by atoms with Gasteiger partial charge in [-0.1, -0.05) is 78.6 Å². The lowest BCUT2D eigenvalue weighted by atomic mass is 11.8. The summed E-state index contributed by atoms with van der Waals surface area (Å²) in [5.74, 6) is 0. The van der Waals surface area contributed by atoms with Crippen molar-refractivity contribution in [2.45, 2.75) is 78.6 Å². The Kier molecular flexibility index (Phi) is 7.45. The van der Waals surface area contributed by atoms with Gasteiger partial charge in [-0.25, -0.2) is 0 Å². The first-order valence-electron chi connectivity index (χ1n) is 9.57. The number of thioether (sulfide) groups is 2. The van der Waals surface area contributed by atoms with Crippen molar-refractivity contribution in [3.05, 3.63) is 0 Å². The lowest BCUT2D eigenvalue weighted by Crippen LogP contribution is -2.79. The summed E-state index contributed by atoms with van der Waals surface area (Å²) in [5.41, 5.74) is 0. The van der Waals surface area contributed by atoms with Gasteiger partial charge in [0.05, 0.1) is 14.2 Å². The van der Waals surface area contributed by atoms with Crippen LogP contribution in [0.1, 0.15) is 0 Å². The van der Waals surface area contributed by atoms with Crippen molar-refractivity contribution in [3.63, 3.8) is 0 Å². The van der Waals surface area contributed by atoms with Gasteiger partial charge in [-0.2, -0.15) is 23.5 Å². The van der Waals surface area contributed by atoms with Gasteiger partial charge in [-0.15, -0.1) is 0 Å². The maximum absolute atomic E-state index is 2.72. The minimum atomic E-state index is -1.09. The third kappa shape index (κ3) is 4.35. The van der Waals surface area contributed by atoms with Gasteiger partial charge in [-0.3, -0.25) is 0 Å². The molecule has 0 bridgehead atoms. The van der Waals surface area contributed by atoms with Gasteiger partial charge in [0, 0.05) is 30.4 Å². The molecule has 0 N–H and O–H groups in total. The van der Waals surface area contributed by atoms with Gasteiger partial charge < -0.3 is 0 Å². The highest BCUT2D eigenvalue weighted by molar-refractivity contribution is 8.13. The molecule has 24 heavy (non-hydrogen) atoms. The molecular formula is C16H44S2Si6. The van der Waals surface area contributed by atoms with Crippen molar-refractivity contribution in [1.29, 1.82) is 0 Å². The molecule has 1 saturated heterocycles. The van der Waals surface area contributed by atoms with Crippen molar-refractivity contribution >= 4 is 68.1 Å². The Bertz CT molecular complexity index is 357. The molecule has 1 aliphatic rings. The molecule has 0 spiro atoms. The predicted molar refractivity (Wildman–Crippen MR) is 140 cm³/mol. The Hall–Kier alpha value is 2.00. The van der Waals surface area contributed by atoms with Gasteiger partial charge in [0.25, 0.3) is 0 Å². The van der Waals surface area contributed by atoms with Crippen LogP contribution in [0.2, 0.25) is 78.6 Å².